The lowest BCUT2D eigenvalue weighted by Crippen LogP contribution is -2.57. The third-order valence-corrected chi connectivity index (χ3v) is 3.72. The first-order valence-corrected chi connectivity index (χ1v) is 7.51. The van der Waals surface area contributed by atoms with Crippen molar-refractivity contribution in [2.75, 3.05) is 0 Å². The predicted molar refractivity (Wildman–Crippen MR) is 90.8 cm³/mol. The summed E-state index contributed by atoms with van der Waals surface area (Å²) in [7, 11) is -1.63. The first-order chi connectivity index (χ1) is 11.8. The average molecular weight is 343 g/mol. The minimum absolute atomic E-state index is 0.0818. The standard InChI is InChI=1S/C17H18BNO6/c19-17(15(20)21,10-12-6-8-14(9-7-12)18(23)24)16(22)25-11-13-4-2-1-3-5-13/h1-9,23-24H,10-11,19H2,(H,20,21). The highest BCUT2D eigenvalue weighted by Crippen LogP contribution is 2.15. The maximum absolute atomic E-state index is 12.3. The summed E-state index contributed by atoms with van der Waals surface area (Å²) >= 11 is 0. The number of carboxylic acids is 1. The Labute approximate surface area is 144 Å². The van der Waals surface area contributed by atoms with Crippen molar-refractivity contribution >= 4 is 24.5 Å². The van der Waals surface area contributed by atoms with Crippen LogP contribution in [-0.2, 0) is 27.4 Å². The summed E-state index contributed by atoms with van der Waals surface area (Å²) in [5, 5.41) is 27.5. The fourth-order valence-electron chi connectivity index (χ4n) is 2.22. The Morgan fingerprint density at radius 3 is 2.12 bits per heavy atom. The van der Waals surface area contributed by atoms with Gasteiger partial charge in [0.2, 0.25) is 5.54 Å². The summed E-state index contributed by atoms with van der Waals surface area (Å²) in [6.45, 7) is -0.0818. The van der Waals surface area contributed by atoms with E-state index in [1.165, 1.54) is 24.3 Å². The summed E-state index contributed by atoms with van der Waals surface area (Å²) in [6.07, 6.45) is -0.294. The molecule has 1 unspecified atom stereocenters. The number of hydrogen-bond donors (Lipinski definition) is 4. The van der Waals surface area contributed by atoms with E-state index in [-0.39, 0.29) is 18.5 Å². The highest BCUT2D eigenvalue weighted by atomic mass is 16.5. The molecule has 0 amide bonds. The molecule has 1 atom stereocenters. The van der Waals surface area contributed by atoms with Crippen LogP contribution in [-0.4, -0.2) is 39.8 Å². The van der Waals surface area contributed by atoms with Crippen LogP contribution in [0.15, 0.2) is 54.6 Å². The molecule has 0 saturated carbocycles. The lowest BCUT2D eigenvalue weighted by molar-refractivity contribution is -0.161. The number of carbonyl (C=O) groups is 2. The molecule has 8 heteroatoms. The summed E-state index contributed by atoms with van der Waals surface area (Å²) in [5.74, 6) is -2.55. The van der Waals surface area contributed by atoms with Gasteiger partial charge in [-0.2, -0.15) is 0 Å². The fraction of sp³-hybridized carbons (Fsp3) is 0.176. The molecule has 0 radical (unpaired) electrons. The van der Waals surface area contributed by atoms with Gasteiger partial charge in [0.05, 0.1) is 0 Å². The molecule has 0 aliphatic rings. The Bertz CT molecular complexity index is 735. The van der Waals surface area contributed by atoms with E-state index in [2.05, 4.69) is 0 Å². The molecule has 2 rings (SSSR count). The van der Waals surface area contributed by atoms with E-state index in [9.17, 15) is 14.7 Å². The zero-order chi connectivity index (χ0) is 18.4. The van der Waals surface area contributed by atoms with E-state index in [0.29, 0.717) is 11.1 Å². The molecule has 0 saturated heterocycles. The van der Waals surface area contributed by atoms with Crippen LogP contribution < -0.4 is 11.2 Å². The molecular formula is C17H18BNO6. The van der Waals surface area contributed by atoms with E-state index >= 15 is 0 Å². The lowest BCUT2D eigenvalue weighted by atomic mass is 9.79. The number of benzene rings is 2. The molecule has 130 valence electrons. The summed E-state index contributed by atoms with van der Waals surface area (Å²) in [6, 6.07) is 14.6. The molecule has 0 fully saturated rings. The van der Waals surface area contributed by atoms with Crippen LogP contribution in [0.4, 0.5) is 0 Å². The zero-order valence-corrected chi connectivity index (χ0v) is 13.3. The van der Waals surface area contributed by atoms with Crippen LogP contribution in [0.3, 0.4) is 0 Å². The number of carbonyl (C=O) groups excluding carboxylic acids is 1. The van der Waals surface area contributed by atoms with E-state index < -0.39 is 24.6 Å². The molecule has 2 aromatic carbocycles. The van der Waals surface area contributed by atoms with Gasteiger partial charge < -0.3 is 25.6 Å². The average Bonchev–Trinajstić information content (AvgIpc) is 2.60. The Kier molecular flexibility index (Phi) is 5.92. The van der Waals surface area contributed by atoms with Crippen molar-refractivity contribution in [3.8, 4) is 0 Å². The van der Waals surface area contributed by atoms with Gasteiger partial charge in [0.1, 0.15) is 6.61 Å². The molecule has 0 bridgehead atoms. The topological polar surface area (TPSA) is 130 Å². The summed E-state index contributed by atoms with van der Waals surface area (Å²) < 4.78 is 5.06. The van der Waals surface area contributed by atoms with Gasteiger partial charge in [0.15, 0.2) is 0 Å². The summed E-state index contributed by atoms with van der Waals surface area (Å²) in [4.78, 5) is 23.8. The largest absolute Gasteiger partial charge is 0.488 e. The van der Waals surface area contributed by atoms with Gasteiger partial charge >= 0.3 is 19.1 Å². The van der Waals surface area contributed by atoms with Gasteiger partial charge in [0, 0.05) is 6.42 Å². The first-order valence-electron chi connectivity index (χ1n) is 7.51. The maximum Gasteiger partial charge on any atom is 0.488 e. The van der Waals surface area contributed by atoms with Crippen LogP contribution in [0.2, 0.25) is 0 Å². The second-order valence-corrected chi connectivity index (χ2v) is 5.63. The molecular weight excluding hydrogens is 325 g/mol. The van der Waals surface area contributed by atoms with Gasteiger partial charge in [-0.1, -0.05) is 54.6 Å². The highest BCUT2D eigenvalue weighted by Gasteiger charge is 2.44. The van der Waals surface area contributed by atoms with Crippen LogP contribution in [0.1, 0.15) is 11.1 Å². The van der Waals surface area contributed by atoms with Gasteiger partial charge in [-0.3, -0.25) is 0 Å². The molecule has 0 spiro atoms. The van der Waals surface area contributed by atoms with Crippen molar-refractivity contribution in [2.24, 2.45) is 5.73 Å². The van der Waals surface area contributed by atoms with E-state index in [0.717, 1.165) is 0 Å². The number of nitrogens with two attached hydrogens (primary N) is 1. The number of carboxylic acid groups (broad SMARTS) is 1. The minimum Gasteiger partial charge on any atom is -0.479 e. The zero-order valence-electron chi connectivity index (χ0n) is 13.3. The van der Waals surface area contributed by atoms with Gasteiger partial charge in [-0.25, -0.2) is 9.59 Å². The van der Waals surface area contributed by atoms with Crippen molar-refractivity contribution < 1.29 is 29.5 Å². The third-order valence-electron chi connectivity index (χ3n) is 3.72. The Morgan fingerprint density at radius 2 is 1.60 bits per heavy atom. The molecule has 0 heterocycles. The second-order valence-electron chi connectivity index (χ2n) is 5.63. The van der Waals surface area contributed by atoms with Gasteiger partial charge in [-0.05, 0) is 16.6 Å². The second kappa shape index (κ2) is 7.93. The number of rotatable bonds is 7. The molecule has 0 aromatic heterocycles. The highest BCUT2D eigenvalue weighted by molar-refractivity contribution is 6.58. The Hall–Kier alpha value is -2.68. The summed E-state index contributed by atoms with van der Waals surface area (Å²) in [5.41, 5.74) is 4.97. The number of hydrogen-bond acceptors (Lipinski definition) is 6. The lowest BCUT2D eigenvalue weighted by Gasteiger charge is -2.23. The molecule has 0 aliphatic carbocycles. The van der Waals surface area contributed by atoms with E-state index in [1.54, 1.807) is 24.3 Å². The van der Waals surface area contributed by atoms with Crippen molar-refractivity contribution in [1.82, 2.24) is 0 Å². The molecule has 7 nitrogen and oxygen atoms in total. The minimum atomic E-state index is -2.24. The quantitative estimate of drug-likeness (QED) is 0.301. The van der Waals surface area contributed by atoms with Crippen LogP contribution >= 0.6 is 0 Å². The van der Waals surface area contributed by atoms with Crippen molar-refractivity contribution in [1.29, 1.82) is 0 Å². The molecule has 25 heavy (non-hydrogen) atoms. The fourth-order valence-corrected chi connectivity index (χ4v) is 2.22. The predicted octanol–water partition coefficient (Wildman–Crippen LogP) is -0.566. The van der Waals surface area contributed by atoms with Crippen LogP contribution in [0.5, 0.6) is 0 Å². The first kappa shape index (κ1) is 18.7. The van der Waals surface area contributed by atoms with Crippen LogP contribution in [0.25, 0.3) is 0 Å². The van der Waals surface area contributed by atoms with E-state index in [4.69, 9.17) is 20.5 Å². The Morgan fingerprint density at radius 1 is 1.00 bits per heavy atom. The number of ether oxygens (including phenoxy) is 1. The van der Waals surface area contributed by atoms with Crippen LogP contribution in [0, 0.1) is 0 Å². The van der Waals surface area contributed by atoms with Crippen molar-refractivity contribution in [2.45, 2.75) is 18.6 Å². The van der Waals surface area contributed by atoms with Crippen molar-refractivity contribution in [3.05, 3.63) is 65.7 Å². The number of aliphatic carboxylic acids is 1. The maximum atomic E-state index is 12.3. The normalized spacial score (nSPS) is 12.9. The molecule has 0 aliphatic heterocycles. The third kappa shape index (κ3) is 4.66. The smallest absolute Gasteiger partial charge is 0.479 e. The van der Waals surface area contributed by atoms with Gasteiger partial charge in [-0.15, -0.1) is 0 Å². The Balaban J connectivity index is 2.11. The number of esters is 1. The van der Waals surface area contributed by atoms with Crippen molar-refractivity contribution in [3.63, 3.8) is 0 Å². The molecule has 5 N–H and O–H groups in total. The van der Waals surface area contributed by atoms with Gasteiger partial charge in [0.25, 0.3) is 0 Å². The SMILES string of the molecule is NC(Cc1ccc(B(O)O)cc1)(C(=O)O)C(=O)OCc1ccccc1. The van der Waals surface area contributed by atoms with E-state index in [1.807, 2.05) is 6.07 Å². The molecule has 2 aromatic rings. The monoisotopic (exact) mass is 343 g/mol.